The van der Waals surface area contributed by atoms with E-state index in [-0.39, 0.29) is 17.9 Å². The number of fused-ring (bicyclic) bond motifs is 3. The van der Waals surface area contributed by atoms with E-state index in [4.69, 9.17) is 4.74 Å². The summed E-state index contributed by atoms with van der Waals surface area (Å²) < 4.78 is 7.00. The van der Waals surface area contributed by atoms with Crippen LogP contribution in [0.2, 0.25) is 0 Å². The number of piperidine rings is 3. The number of likely N-dealkylation sites (N-methyl/N-ethyl adjacent to an activating group) is 1. The molecule has 0 saturated carbocycles. The molecule has 0 radical (unpaired) electrons. The fourth-order valence-electron chi connectivity index (χ4n) is 5.78. The fraction of sp³-hybridized carbons (Fsp3) is 0.333. The molecule has 6 rings (SSSR count). The first-order valence-electron chi connectivity index (χ1n) is 12.5. The molecule has 3 aromatic rings. The Kier molecular flexibility index (Phi) is 6.69. The average molecular weight is 470 g/mol. The van der Waals surface area contributed by atoms with Gasteiger partial charge in [0.05, 0.1) is 13.1 Å². The number of ketones is 1. The van der Waals surface area contributed by atoms with Gasteiger partial charge in [-0.1, -0.05) is 78.9 Å². The smallest absolute Gasteiger partial charge is 0.333 e. The van der Waals surface area contributed by atoms with E-state index in [0.717, 1.165) is 42.7 Å². The van der Waals surface area contributed by atoms with Crippen LogP contribution < -0.4 is 4.90 Å². The summed E-state index contributed by atoms with van der Waals surface area (Å²) >= 11 is 0. The number of rotatable bonds is 8. The van der Waals surface area contributed by atoms with Crippen LogP contribution >= 0.6 is 0 Å². The van der Waals surface area contributed by atoms with Gasteiger partial charge >= 0.3 is 5.97 Å². The standard InChI is InChI=1S/C30H33N2O3/c1-31(26-15-9-4-10-16-26)29(25-13-7-3-8-14-25)30(34)35-28-22-32(19-17-24(28)18-20-32)21-27(33)23-11-5-2-6-12-23/h2-16,24,28-29H,17-22H2,1H3/q+1. The topological polar surface area (TPSA) is 46.6 Å². The Morgan fingerprint density at radius 2 is 1.46 bits per heavy atom. The van der Waals surface area contributed by atoms with Crippen molar-refractivity contribution in [3.05, 3.63) is 102 Å². The van der Waals surface area contributed by atoms with Crippen LogP contribution in [0.5, 0.6) is 0 Å². The van der Waals surface area contributed by atoms with Crippen molar-refractivity contribution >= 4 is 17.4 Å². The molecule has 3 aromatic carbocycles. The van der Waals surface area contributed by atoms with Crippen molar-refractivity contribution in [2.75, 3.05) is 38.1 Å². The molecule has 0 aliphatic carbocycles. The molecule has 3 aliphatic heterocycles. The third kappa shape index (κ3) is 5.01. The molecule has 0 spiro atoms. The number of ether oxygens (including phenoxy) is 1. The van der Waals surface area contributed by atoms with E-state index in [2.05, 4.69) is 0 Å². The lowest BCUT2D eigenvalue weighted by Crippen LogP contribution is -2.65. The molecule has 0 N–H and O–H groups in total. The highest BCUT2D eigenvalue weighted by molar-refractivity contribution is 5.97. The van der Waals surface area contributed by atoms with Crippen molar-refractivity contribution in [3.63, 3.8) is 0 Å². The summed E-state index contributed by atoms with van der Waals surface area (Å²) in [5.74, 6) is 0.306. The number of carbonyl (C=O) groups is 2. The number of benzene rings is 3. The molecule has 2 atom stereocenters. The van der Waals surface area contributed by atoms with Gasteiger partial charge in [0.2, 0.25) is 5.78 Å². The number of esters is 1. The van der Waals surface area contributed by atoms with Gasteiger partial charge in [0, 0.05) is 37.1 Å². The highest BCUT2D eigenvalue weighted by Crippen LogP contribution is 2.37. The minimum atomic E-state index is -0.534. The molecular weight excluding hydrogens is 436 g/mol. The summed E-state index contributed by atoms with van der Waals surface area (Å²) in [5, 5.41) is 0. The number of para-hydroxylation sites is 1. The summed E-state index contributed by atoms with van der Waals surface area (Å²) in [6.45, 7) is 3.13. The maximum atomic E-state index is 13.7. The molecule has 180 valence electrons. The number of carbonyl (C=O) groups excluding carboxylic acids is 2. The Balaban J connectivity index is 1.34. The zero-order valence-corrected chi connectivity index (χ0v) is 20.3. The van der Waals surface area contributed by atoms with E-state index in [1.165, 1.54) is 0 Å². The molecule has 3 heterocycles. The van der Waals surface area contributed by atoms with Gasteiger partial charge in [-0.05, 0) is 17.7 Å². The fourth-order valence-corrected chi connectivity index (χ4v) is 5.78. The van der Waals surface area contributed by atoms with Crippen molar-refractivity contribution in [1.82, 2.24) is 0 Å². The zero-order valence-electron chi connectivity index (χ0n) is 20.3. The number of quaternary nitrogens is 1. The molecule has 3 saturated heterocycles. The number of anilines is 1. The highest BCUT2D eigenvalue weighted by atomic mass is 16.5. The van der Waals surface area contributed by atoms with Crippen LogP contribution in [0.25, 0.3) is 0 Å². The zero-order chi connectivity index (χ0) is 24.3. The summed E-state index contributed by atoms with van der Waals surface area (Å²) in [5.41, 5.74) is 2.63. The van der Waals surface area contributed by atoms with E-state index < -0.39 is 6.04 Å². The highest BCUT2D eigenvalue weighted by Gasteiger charge is 2.49. The van der Waals surface area contributed by atoms with E-state index in [0.29, 0.717) is 23.5 Å². The molecule has 2 unspecified atom stereocenters. The van der Waals surface area contributed by atoms with Gasteiger partial charge in [-0.2, -0.15) is 0 Å². The Hall–Kier alpha value is -3.44. The van der Waals surface area contributed by atoms with Gasteiger partial charge in [-0.15, -0.1) is 0 Å². The van der Waals surface area contributed by atoms with E-state index in [9.17, 15) is 9.59 Å². The summed E-state index contributed by atoms with van der Waals surface area (Å²) in [6, 6.07) is 28.8. The van der Waals surface area contributed by atoms with Gasteiger partial charge in [0.15, 0.2) is 12.1 Å². The lowest BCUT2D eigenvalue weighted by atomic mass is 9.82. The van der Waals surface area contributed by atoms with Gasteiger partial charge in [0.1, 0.15) is 13.1 Å². The average Bonchev–Trinajstić information content (AvgIpc) is 2.91. The maximum absolute atomic E-state index is 13.7. The van der Waals surface area contributed by atoms with Crippen LogP contribution in [0.15, 0.2) is 91.0 Å². The van der Waals surface area contributed by atoms with Crippen LogP contribution in [0.4, 0.5) is 5.69 Å². The van der Waals surface area contributed by atoms with Crippen LogP contribution in [0.3, 0.4) is 0 Å². The van der Waals surface area contributed by atoms with Crippen LogP contribution in [0, 0.1) is 5.92 Å². The van der Waals surface area contributed by atoms with Crippen molar-refractivity contribution < 1.29 is 18.8 Å². The van der Waals surface area contributed by atoms with Crippen molar-refractivity contribution in [1.29, 1.82) is 0 Å². The molecule has 0 amide bonds. The molecule has 5 heteroatoms. The van der Waals surface area contributed by atoms with Gasteiger partial charge in [0.25, 0.3) is 0 Å². The van der Waals surface area contributed by atoms with Crippen LogP contribution in [0.1, 0.15) is 34.8 Å². The summed E-state index contributed by atoms with van der Waals surface area (Å²) in [7, 11) is 1.94. The molecule has 5 nitrogen and oxygen atoms in total. The van der Waals surface area contributed by atoms with Gasteiger partial charge < -0.3 is 14.1 Å². The minimum Gasteiger partial charge on any atom is -0.454 e. The van der Waals surface area contributed by atoms with E-state index >= 15 is 0 Å². The molecule has 35 heavy (non-hydrogen) atoms. The summed E-state index contributed by atoms with van der Waals surface area (Å²) in [6.07, 6.45) is 1.82. The number of Topliss-reactive ketones (excluding diaryl/α,β-unsaturated/α-hetero) is 1. The largest absolute Gasteiger partial charge is 0.454 e. The van der Waals surface area contributed by atoms with Crippen LogP contribution in [-0.4, -0.2) is 55.6 Å². The molecule has 0 aromatic heterocycles. The van der Waals surface area contributed by atoms with Crippen LogP contribution in [-0.2, 0) is 9.53 Å². The Morgan fingerprint density at radius 1 is 0.886 bits per heavy atom. The maximum Gasteiger partial charge on any atom is 0.333 e. The molecule has 3 fully saturated rings. The Morgan fingerprint density at radius 3 is 2.09 bits per heavy atom. The van der Waals surface area contributed by atoms with Crippen molar-refractivity contribution in [3.8, 4) is 0 Å². The number of hydrogen-bond acceptors (Lipinski definition) is 4. The normalized spacial score (nSPS) is 23.9. The van der Waals surface area contributed by atoms with E-state index in [1.807, 2.05) is 103 Å². The van der Waals surface area contributed by atoms with Gasteiger partial charge in [-0.25, -0.2) is 4.79 Å². The molecule has 2 bridgehead atoms. The first-order chi connectivity index (χ1) is 17.0. The SMILES string of the molecule is CN(c1ccccc1)C(C(=O)OC1C[N+]2(CC(=O)c3ccccc3)CCC1CC2)c1ccccc1. The second kappa shape index (κ2) is 10.0. The second-order valence-electron chi connectivity index (χ2n) is 9.99. The Bertz CT molecular complexity index is 1140. The lowest BCUT2D eigenvalue weighted by Gasteiger charge is -2.51. The number of nitrogens with zero attached hydrogens (tertiary/aromatic N) is 2. The second-order valence-corrected chi connectivity index (χ2v) is 9.99. The predicted octanol–water partition coefficient (Wildman–Crippen LogP) is 4.90. The Labute approximate surface area is 207 Å². The minimum absolute atomic E-state index is 0.163. The van der Waals surface area contributed by atoms with Gasteiger partial charge in [-0.3, -0.25) is 4.79 Å². The third-order valence-electron chi connectivity index (χ3n) is 7.77. The quantitative estimate of drug-likeness (QED) is 0.268. The predicted molar refractivity (Wildman–Crippen MR) is 137 cm³/mol. The monoisotopic (exact) mass is 469 g/mol. The van der Waals surface area contributed by atoms with E-state index in [1.54, 1.807) is 0 Å². The molecule has 3 aliphatic rings. The first kappa shape index (κ1) is 23.3. The summed E-state index contributed by atoms with van der Waals surface area (Å²) in [4.78, 5) is 28.7. The lowest BCUT2D eigenvalue weighted by molar-refractivity contribution is -0.938. The first-order valence-corrected chi connectivity index (χ1v) is 12.5. The molecular formula is C30H33N2O3+. The third-order valence-corrected chi connectivity index (χ3v) is 7.77. The van der Waals surface area contributed by atoms with Crippen molar-refractivity contribution in [2.45, 2.75) is 25.0 Å². The number of hydrogen-bond donors (Lipinski definition) is 0. The van der Waals surface area contributed by atoms with Crippen molar-refractivity contribution in [2.24, 2.45) is 5.92 Å².